The summed E-state index contributed by atoms with van der Waals surface area (Å²) in [5, 5.41) is 6.34. The topological polar surface area (TPSA) is 50.4 Å². The van der Waals surface area contributed by atoms with Crippen molar-refractivity contribution in [1.29, 1.82) is 0 Å². The second-order valence-corrected chi connectivity index (χ2v) is 6.43. The van der Waals surface area contributed by atoms with Gasteiger partial charge in [0.2, 0.25) is 0 Å². The molecule has 0 heterocycles. The highest BCUT2D eigenvalue weighted by Gasteiger charge is 2.10. The number of hydrogen-bond donors (Lipinski definition) is 2. The second-order valence-electron chi connectivity index (χ2n) is 5.24. The van der Waals surface area contributed by atoms with Gasteiger partial charge in [0.05, 0.1) is 22.3 Å². The summed E-state index contributed by atoms with van der Waals surface area (Å²) in [6, 6.07) is 12.0. The van der Waals surface area contributed by atoms with Gasteiger partial charge >= 0.3 is 0 Å². The predicted molar refractivity (Wildman–Crippen MR) is 107 cm³/mol. The average molecular weight is 397 g/mol. The molecule has 0 aliphatic carbocycles. The molecule has 0 atom stereocenters. The first kappa shape index (κ1) is 19.5. The number of rotatable bonds is 6. The first-order valence-corrected chi connectivity index (χ1v) is 8.97. The molecule has 0 saturated carbocycles. The van der Waals surface area contributed by atoms with Crippen molar-refractivity contribution >= 4 is 52.1 Å². The van der Waals surface area contributed by atoms with Crippen LogP contribution in [0.2, 0.25) is 10.0 Å². The van der Waals surface area contributed by atoms with Crippen molar-refractivity contribution in [1.82, 2.24) is 5.32 Å². The minimum Gasteiger partial charge on any atom is -0.494 e. The minimum atomic E-state index is -0.323. The summed E-state index contributed by atoms with van der Waals surface area (Å²) >= 11 is 17.2. The smallest absolute Gasteiger partial charge is 0.257 e. The van der Waals surface area contributed by atoms with Gasteiger partial charge in [-0.3, -0.25) is 10.1 Å². The van der Waals surface area contributed by atoms with Gasteiger partial charge in [-0.05, 0) is 55.0 Å². The zero-order chi connectivity index (χ0) is 18.2. The Bertz CT molecular complexity index is 751. The summed E-state index contributed by atoms with van der Waals surface area (Å²) in [5.41, 5.74) is 1.00. The first-order chi connectivity index (χ1) is 12.0. The van der Waals surface area contributed by atoms with Crippen LogP contribution in [0.4, 0.5) is 5.69 Å². The van der Waals surface area contributed by atoms with Crippen LogP contribution in [0.1, 0.15) is 30.1 Å². The maximum Gasteiger partial charge on any atom is 0.257 e. The standard InChI is InChI=1S/C18H18Cl2N2O2S/c1-2-3-11-24-13-9-7-12(8-10-13)17(23)22-18(25)21-15-6-4-5-14(19)16(15)20/h4-10H,2-3,11H2,1H3,(H2,21,22,23,25). The van der Waals surface area contributed by atoms with Crippen molar-refractivity contribution in [3.8, 4) is 5.75 Å². The van der Waals surface area contributed by atoms with Crippen molar-refractivity contribution in [2.75, 3.05) is 11.9 Å². The largest absolute Gasteiger partial charge is 0.494 e. The number of unbranched alkanes of at least 4 members (excludes halogenated alkanes) is 1. The summed E-state index contributed by atoms with van der Waals surface area (Å²) in [4.78, 5) is 12.2. The molecule has 0 fully saturated rings. The molecule has 0 aliphatic rings. The monoisotopic (exact) mass is 396 g/mol. The molecule has 0 aromatic heterocycles. The van der Waals surface area contributed by atoms with Crippen LogP contribution in [-0.4, -0.2) is 17.6 Å². The minimum absolute atomic E-state index is 0.137. The van der Waals surface area contributed by atoms with Gasteiger partial charge in [0, 0.05) is 5.56 Å². The van der Waals surface area contributed by atoms with Crippen LogP contribution in [-0.2, 0) is 0 Å². The molecule has 0 unspecified atom stereocenters. The number of anilines is 1. The SMILES string of the molecule is CCCCOc1ccc(C(=O)NC(=S)Nc2cccc(Cl)c2Cl)cc1. The fourth-order valence-electron chi connectivity index (χ4n) is 1.97. The highest BCUT2D eigenvalue weighted by Crippen LogP contribution is 2.29. The molecule has 2 rings (SSSR count). The van der Waals surface area contributed by atoms with E-state index in [0.717, 1.165) is 18.6 Å². The third-order valence-corrected chi connectivity index (χ3v) is 4.33. The average Bonchev–Trinajstić information content (AvgIpc) is 2.59. The molecule has 0 aliphatic heterocycles. The van der Waals surface area contributed by atoms with E-state index in [1.165, 1.54) is 0 Å². The molecule has 0 radical (unpaired) electrons. The summed E-state index contributed by atoms with van der Waals surface area (Å²) < 4.78 is 5.57. The van der Waals surface area contributed by atoms with E-state index in [-0.39, 0.29) is 11.0 Å². The molecule has 0 spiro atoms. The molecule has 4 nitrogen and oxygen atoms in total. The summed E-state index contributed by atoms with van der Waals surface area (Å²) in [6.45, 7) is 2.76. The Morgan fingerprint density at radius 2 is 1.88 bits per heavy atom. The zero-order valence-corrected chi connectivity index (χ0v) is 16.0. The molecule has 0 saturated heterocycles. The molecule has 0 bridgehead atoms. The number of carbonyl (C=O) groups is 1. The number of benzene rings is 2. The lowest BCUT2D eigenvalue weighted by Crippen LogP contribution is -2.34. The molecule has 7 heteroatoms. The van der Waals surface area contributed by atoms with E-state index in [1.54, 1.807) is 42.5 Å². The van der Waals surface area contributed by atoms with Gasteiger partial charge < -0.3 is 10.1 Å². The van der Waals surface area contributed by atoms with E-state index in [2.05, 4.69) is 17.6 Å². The van der Waals surface area contributed by atoms with Crippen molar-refractivity contribution < 1.29 is 9.53 Å². The number of carbonyl (C=O) groups excluding carboxylic acids is 1. The molecule has 2 aromatic rings. The van der Waals surface area contributed by atoms with Gasteiger partial charge in [-0.25, -0.2) is 0 Å². The quantitative estimate of drug-likeness (QED) is 0.513. The Balaban J connectivity index is 1.92. The number of halogens is 2. The van der Waals surface area contributed by atoms with Crippen LogP contribution in [0.15, 0.2) is 42.5 Å². The Labute approximate surface area is 162 Å². The third-order valence-electron chi connectivity index (χ3n) is 3.31. The van der Waals surface area contributed by atoms with Crippen LogP contribution in [0.25, 0.3) is 0 Å². The van der Waals surface area contributed by atoms with Gasteiger partial charge in [0.1, 0.15) is 5.75 Å². The Kier molecular flexibility index (Phi) is 7.50. The molecule has 2 aromatic carbocycles. The van der Waals surface area contributed by atoms with Crippen molar-refractivity contribution in [2.45, 2.75) is 19.8 Å². The molecular formula is C18H18Cl2N2O2S. The normalized spacial score (nSPS) is 10.2. The van der Waals surface area contributed by atoms with Crippen LogP contribution in [0, 0.1) is 0 Å². The number of nitrogens with one attached hydrogen (secondary N) is 2. The number of thiocarbonyl (C=S) groups is 1. The Hall–Kier alpha value is -1.82. The van der Waals surface area contributed by atoms with E-state index in [0.29, 0.717) is 27.9 Å². The number of hydrogen-bond acceptors (Lipinski definition) is 3. The van der Waals surface area contributed by atoms with E-state index < -0.39 is 0 Å². The molecular weight excluding hydrogens is 379 g/mol. The van der Waals surface area contributed by atoms with Crippen LogP contribution in [0.5, 0.6) is 5.75 Å². The number of amides is 1. The van der Waals surface area contributed by atoms with Gasteiger partial charge in [-0.15, -0.1) is 0 Å². The van der Waals surface area contributed by atoms with E-state index in [9.17, 15) is 4.79 Å². The molecule has 2 N–H and O–H groups in total. The zero-order valence-electron chi connectivity index (χ0n) is 13.6. The fourth-order valence-corrected chi connectivity index (χ4v) is 2.52. The summed E-state index contributed by atoms with van der Waals surface area (Å²) in [5.74, 6) is 0.409. The predicted octanol–water partition coefficient (Wildman–Crippen LogP) is 5.30. The van der Waals surface area contributed by atoms with Crippen molar-refractivity contribution in [3.63, 3.8) is 0 Å². The van der Waals surface area contributed by atoms with Gasteiger partial charge in [0.15, 0.2) is 5.11 Å². The fraction of sp³-hybridized carbons (Fsp3) is 0.222. The van der Waals surface area contributed by atoms with Gasteiger partial charge in [-0.2, -0.15) is 0 Å². The van der Waals surface area contributed by atoms with Gasteiger partial charge in [0.25, 0.3) is 5.91 Å². The molecule has 1 amide bonds. The summed E-state index contributed by atoms with van der Waals surface area (Å²) in [6.07, 6.45) is 2.07. The van der Waals surface area contributed by atoms with Gasteiger partial charge in [-0.1, -0.05) is 42.6 Å². The Morgan fingerprint density at radius 1 is 1.16 bits per heavy atom. The van der Waals surface area contributed by atoms with Crippen molar-refractivity contribution in [2.24, 2.45) is 0 Å². The number of ether oxygens (including phenoxy) is 1. The lowest BCUT2D eigenvalue weighted by Gasteiger charge is -2.12. The maximum absolute atomic E-state index is 12.2. The molecule has 132 valence electrons. The van der Waals surface area contributed by atoms with Crippen LogP contribution in [0.3, 0.4) is 0 Å². The molecule has 25 heavy (non-hydrogen) atoms. The third kappa shape index (κ3) is 5.88. The van der Waals surface area contributed by atoms with Crippen LogP contribution >= 0.6 is 35.4 Å². The highest BCUT2D eigenvalue weighted by atomic mass is 35.5. The summed E-state index contributed by atoms with van der Waals surface area (Å²) in [7, 11) is 0. The van der Waals surface area contributed by atoms with E-state index >= 15 is 0 Å². The Morgan fingerprint density at radius 3 is 2.56 bits per heavy atom. The lowest BCUT2D eigenvalue weighted by molar-refractivity contribution is 0.0977. The highest BCUT2D eigenvalue weighted by molar-refractivity contribution is 7.80. The van der Waals surface area contributed by atoms with E-state index in [1.807, 2.05) is 0 Å². The lowest BCUT2D eigenvalue weighted by atomic mass is 10.2. The second kappa shape index (κ2) is 9.61. The van der Waals surface area contributed by atoms with Crippen LogP contribution < -0.4 is 15.4 Å². The first-order valence-electron chi connectivity index (χ1n) is 7.80. The maximum atomic E-state index is 12.2. The van der Waals surface area contributed by atoms with E-state index in [4.69, 9.17) is 40.2 Å². The van der Waals surface area contributed by atoms with Crippen molar-refractivity contribution in [3.05, 3.63) is 58.1 Å².